The van der Waals surface area contributed by atoms with Crippen LogP contribution in [0.2, 0.25) is 19.6 Å². The standard InChI is InChI=1S/C15H16NOSi.Li/c1-18(2,3)17-15(11-16)14-10-6-8-12-7-4-5-9-13(12)14;/h4-10H,1-3H3;/q-1;+1. The van der Waals surface area contributed by atoms with Crippen molar-refractivity contribution in [1.29, 1.82) is 5.26 Å². The van der Waals surface area contributed by atoms with E-state index in [1.165, 1.54) is 0 Å². The van der Waals surface area contributed by atoms with Gasteiger partial charge in [-0.1, -0.05) is 29.7 Å². The van der Waals surface area contributed by atoms with Gasteiger partial charge in [0.2, 0.25) is 0 Å². The molecule has 0 saturated heterocycles. The number of fused-ring (bicyclic) bond motifs is 1. The van der Waals surface area contributed by atoms with Gasteiger partial charge in [0.25, 0.3) is 0 Å². The molecule has 0 radical (unpaired) electrons. The minimum absolute atomic E-state index is 0. The first kappa shape index (κ1) is 15.9. The van der Waals surface area contributed by atoms with Crippen molar-refractivity contribution < 1.29 is 23.3 Å². The quantitative estimate of drug-likeness (QED) is 0.612. The Morgan fingerprint density at radius 1 is 1.05 bits per heavy atom. The van der Waals surface area contributed by atoms with Crippen molar-refractivity contribution in [2.45, 2.75) is 19.6 Å². The number of hydrogen-bond acceptors (Lipinski definition) is 2. The van der Waals surface area contributed by atoms with Crippen molar-refractivity contribution in [2.24, 2.45) is 0 Å². The van der Waals surface area contributed by atoms with Gasteiger partial charge in [-0.25, -0.2) is 5.26 Å². The van der Waals surface area contributed by atoms with E-state index in [1.54, 1.807) is 0 Å². The maximum atomic E-state index is 9.31. The van der Waals surface area contributed by atoms with Crippen LogP contribution in [0.5, 0.6) is 0 Å². The van der Waals surface area contributed by atoms with E-state index in [4.69, 9.17) is 4.43 Å². The summed E-state index contributed by atoms with van der Waals surface area (Å²) in [6.07, 6.45) is 0.436. The molecule has 92 valence electrons. The van der Waals surface area contributed by atoms with Crippen LogP contribution in [0.25, 0.3) is 10.8 Å². The molecule has 0 aliphatic rings. The van der Waals surface area contributed by atoms with Gasteiger partial charge < -0.3 is 4.43 Å². The molecule has 0 N–H and O–H groups in total. The molecule has 0 bridgehead atoms. The van der Waals surface area contributed by atoms with Crippen LogP contribution in [0, 0.1) is 17.4 Å². The van der Waals surface area contributed by atoms with Gasteiger partial charge in [-0.05, 0) is 19.6 Å². The SMILES string of the molecule is C[Si](C)(C)O[C-](C#N)c1cccc2ccccc12.[Li+]. The zero-order valence-corrected chi connectivity index (χ0v) is 12.9. The van der Waals surface area contributed by atoms with E-state index in [0.29, 0.717) is 6.10 Å². The van der Waals surface area contributed by atoms with E-state index in [9.17, 15) is 5.26 Å². The van der Waals surface area contributed by atoms with Crippen molar-refractivity contribution >= 4 is 19.1 Å². The zero-order valence-electron chi connectivity index (χ0n) is 11.9. The summed E-state index contributed by atoms with van der Waals surface area (Å²) < 4.78 is 5.88. The second-order valence-corrected chi connectivity index (χ2v) is 9.61. The van der Waals surface area contributed by atoms with Gasteiger partial charge in [0.15, 0.2) is 8.32 Å². The van der Waals surface area contributed by atoms with E-state index < -0.39 is 8.32 Å². The van der Waals surface area contributed by atoms with Crippen LogP contribution < -0.4 is 18.9 Å². The average Bonchev–Trinajstić information content (AvgIpc) is 2.34. The van der Waals surface area contributed by atoms with Gasteiger partial charge in [-0.3, -0.25) is 0 Å². The van der Waals surface area contributed by atoms with E-state index >= 15 is 0 Å². The Morgan fingerprint density at radius 2 is 1.68 bits per heavy atom. The normalized spacial score (nSPS) is 10.6. The third-order valence-corrected chi connectivity index (χ3v) is 3.36. The van der Waals surface area contributed by atoms with Gasteiger partial charge in [0, 0.05) is 6.10 Å². The summed E-state index contributed by atoms with van der Waals surface area (Å²) in [6, 6.07) is 16.2. The van der Waals surface area contributed by atoms with E-state index in [1.807, 2.05) is 42.5 Å². The van der Waals surface area contributed by atoms with Crippen molar-refractivity contribution in [3.8, 4) is 6.07 Å². The molecule has 2 rings (SSSR count). The minimum atomic E-state index is -1.77. The fourth-order valence-electron chi connectivity index (χ4n) is 1.87. The zero-order chi connectivity index (χ0) is 13.2. The Balaban J connectivity index is 0.00000180. The molecule has 2 aromatic carbocycles. The third-order valence-electron chi connectivity index (χ3n) is 2.54. The Labute approximate surface area is 127 Å². The van der Waals surface area contributed by atoms with Gasteiger partial charge in [0.05, 0.1) is 6.07 Å². The Hall–Kier alpha value is -1.17. The van der Waals surface area contributed by atoms with Crippen LogP contribution in [-0.2, 0) is 4.43 Å². The number of hydrogen-bond donors (Lipinski definition) is 0. The Bertz CT molecular complexity index is 596. The summed E-state index contributed by atoms with van der Waals surface area (Å²) in [5.41, 5.74) is 0.887. The molecule has 4 heteroatoms. The smallest absolute Gasteiger partial charge is 0.436 e. The molecule has 0 aromatic heterocycles. The molecule has 0 saturated carbocycles. The Morgan fingerprint density at radius 3 is 2.32 bits per heavy atom. The van der Waals surface area contributed by atoms with E-state index in [-0.39, 0.29) is 18.9 Å². The monoisotopic (exact) mass is 261 g/mol. The molecule has 0 amide bonds. The maximum absolute atomic E-state index is 9.31. The second kappa shape index (κ2) is 6.32. The van der Waals surface area contributed by atoms with Crippen molar-refractivity contribution in [3.63, 3.8) is 0 Å². The second-order valence-electron chi connectivity index (χ2n) is 5.18. The molecule has 2 aromatic rings. The molecular formula is C15H16LiNOSi. The molecule has 19 heavy (non-hydrogen) atoms. The molecule has 0 spiro atoms. The van der Waals surface area contributed by atoms with Crippen LogP contribution in [0.3, 0.4) is 0 Å². The van der Waals surface area contributed by atoms with Crippen LogP contribution in [0.1, 0.15) is 5.56 Å². The fourth-order valence-corrected chi connectivity index (χ4v) is 2.64. The number of benzene rings is 2. The molecular weight excluding hydrogens is 245 g/mol. The first-order chi connectivity index (χ1) is 8.51. The average molecular weight is 261 g/mol. The van der Waals surface area contributed by atoms with Crippen LogP contribution in [0.4, 0.5) is 0 Å². The predicted molar refractivity (Wildman–Crippen MR) is 76.3 cm³/mol. The Kier molecular flexibility index (Phi) is 5.29. The molecule has 2 nitrogen and oxygen atoms in total. The molecule has 0 heterocycles. The summed E-state index contributed by atoms with van der Waals surface area (Å²) in [4.78, 5) is 0. The summed E-state index contributed by atoms with van der Waals surface area (Å²) in [5.74, 6) is 0. The maximum Gasteiger partial charge on any atom is 1.00 e. The van der Waals surface area contributed by atoms with Gasteiger partial charge in [0.1, 0.15) is 0 Å². The first-order valence-electron chi connectivity index (χ1n) is 5.95. The van der Waals surface area contributed by atoms with Crippen LogP contribution in [0.15, 0.2) is 42.5 Å². The van der Waals surface area contributed by atoms with Crippen molar-refractivity contribution in [3.05, 3.63) is 54.1 Å². The molecule has 0 unspecified atom stereocenters. The van der Waals surface area contributed by atoms with Gasteiger partial charge >= 0.3 is 18.9 Å². The summed E-state index contributed by atoms with van der Waals surface area (Å²) in [6.45, 7) is 6.24. The summed E-state index contributed by atoms with van der Waals surface area (Å²) in [5, 5.41) is 11.5. The fraction of sp³-hybridized carbons (Fsp3) is 0.200. The minimum Gasteiger partial charge on any atom is -0.436 e. The van der Waals surface area contributed by atoms with E-state index in [2.05, 4.69) is 25.7 Å². The van der Waals surface area contributed by atoms with Crippen molar-refractivity contribution in [1.82, 2.24) is 0 Å². The van der Waals surface area contributed by atoms with E-state index in [0.717, 1.165) is 16.3 Å². The van der Waals surface area contributed by atoms with Gasteiger partial charge in [-0.2, -0.15) is 6.07 Å². The number of rotatable bonds is 3. The van der Waals surface area contributed by atoms with Gasteiger partial charge in [-0.15, -0.1) is 23.1 Å². The topological polar surface area (TPSA) is 33.0 Å². The summed E-state index contributed by atoms with van der Waals surface area (Å²) >= 11 is 0. The van der Waals surface area contributed by atoms with Crippen LogP contribution >= 0.6 is 0 Å². The first-order valence-corrected chi connectivity index (χ1v) is 9.36. The number of nitrogens with zero attached hydrogens (tertiary/aromatic N) is 1. The van der Waals surface area contributed by atoms with Crippen molar-refractivity contribution in [2.75, 3.05) is 0 Å². The van der Waals surface area contributed by atoms with Crippen LogP contribution in [-0.4, -0.2) is 8.32 Å². The molecule has 0 aliphatic carbocycles. The summed E-state index contributed by atoms with van der Waals surface area (Å²) in [7, 11) is -1.77. The third kappa shape index (κ3) is 3.90. The molecule has 0 aliphatic heterocycles. The molecule has 0 atom stereocenters. The number of nitriles is 1. The largest absolute Gasteiger partial charge is 1.00 e. The molecule has 0 fully saturated rings. The predicted octanol–water partition coefficient (Wildman–Crippen LogP) is 1.10.